The van der Waals surface area contributed by atoms with Crippen LogP contribution in [0.25, 0.3) is 0 Å². The Morgan fingerprint density at radius 1 is 1.22 bits per heavy atom. The predicted molar refractivity (Wildman–Crippen MR) is 79.3 cm³/mol. The van der Waals surface area contributed by atoms with Crippen molar-refractivity contribution in [1.29, 1.82) is 0 Å². The third-order valence-electron chi connectivity index (χ3n) is 3.52. The monoisotopic (exact) mass is 319 g/mol. The summed E-state index contributed by atoms with van der Waals surface area (Å²) in [7, 11) is 4.30. The highest BCUT2D eigenvalue weighted by Gasteiger charge is 2.43. The van der Waals surface area contributed by atoms with Crippen molar-refractivity contribution in [1.82, 2.24) is 14.7 Å². The molecular formula is C15H17N3O5. The number of ether oxygens (including phenoxy) is 1. The lowest BCUT2D eigenvalue weighted by Gasteiger charge is -2.20. The minimum absolute atomic E-state index is 0.288. The molecule has 1 aromatic rings. The number of hydrogen-bond donors (Lipinski definition) is 0. The number of carbonyl (C=O) groups excluding carboxylic acids is 4. The lowest BCUT2D eigenvalue weighted by atomic mass is 10.2. The molecule has 0 aromatic heterocycles. The fourth-order valence-electron chi connectivity index (χ4n) is 2.14. The largest absolute Gasteiger partial charge is 0.497 e. The predicted octanol–water partition coefficient (Wildman–Crippen LogP) is 0.0742. The van der Waals surface area contributed by atoms with Gasteiger partial charge in [-0.2, -0.15) is 0 Å². The molecule has 1 aliphatic rings. The summed E-state index contributed by atoms with van der Waals surface area (Å²) in [6.45, 7) is -0.176. The van der Waals surface area contributed by atoms with Gasteiger partial charge in [-0.1, -0.05) is 12.1 Å². The second-order valence-electron chi connectivity index (χ2n) is 5.14. The van der Waals surface area contributed by atoms with Crippen LogP contribution in [-0.2, 0) is 20.9 Å². The molecule has 8 nitrogen and oxygen atoms in total. The average molecular weight is 319 g/mol. The molecule has 23 heavy (non-hydrogen) atoms. The number of hydrogen-bond acceptors (Lipinski definition) is 5. The van der Waals surface area contributed by atoms with Gasteiger partial charge in [0.15, 0.2) is 0 Å². The van der Waals surface area contributed by atoms with Gasteiger partial charge < -0.3 is 9.64 Å². The molecule has 0 aliphatic carbocycles. The van der Waals surface area contributed by atoms with E-state index in [1.165, 1.54) is 11.9 Å². The van der Waals surface area contributed by atoms with E-state index in [-0.39, 0.29) is 6.54 Å². The van der Waals surface area contributed by atoms with Crippen molar-refractivity contribution in [2.75, 3.05) is 27.7 Å². The van der Waals surface area contributed by atoms with E-state index in [9.17, 15) is 19.2 Å². The Kier molecular flexibility index (Phi) is 4.63. The summed E-state index contributed by atoms with van der Waals surface area (Å²) < 4.78 is 5.11. The van der Waals surface area contributed by atoms with E-state index < -0.39 is 30.3 Å². The Morgan fingerprint density at radius 2 is 1.91 bits per heavy atom. The molecule has 8 heteroatoms. The van der Waals surface area contributed by atoms with Crippen LogP contribution in [0.4, 0.5) is 4.79 Å². The van der Waals surface area contributed by atoms with Crippen LogP contribution in [0.3, 0.4) is 0 Å². The van der Waals surface area contributed by atoms with E-state index in [1.54, 1.807) is 32.4 Å². The maximum atomic E-state index is 12.2. The molecule has 122 valence electrons. The van der Waals surface area contributed by atoms with Crippen LogP contribution in [0, 0.1) is 0 Å². The molecule has 0 unspecified atom stereocenters. The molecule has 1 fully saturated rings. The molecule has 0 N–H and O–H groups in total. The number of urea groups is 1. The zero-order valence-electron chi connectivity index (χ0n) is 13.1. The zero-order valence-corrected chi connectivity index (χ0v) is 13.1. The normalized spacial score (nSPS) is 14.5. The first-order chi connectivity index (χ1) is 10.8. The summed E-state index contributed by atoms with van der Waals surface area (Å²) in [5.74, 6) is -1.70. The first-order valence-corrected chi connectivity index (χ1v) is 6.85. The quantitative estimate of drug-likeness (QED) is 0.566. The Morgan fingerprint density at radius 3 is 2.48 bits per heavy atom. The second-order valence-corrected chi connectivity index (χ2v) is 5.14. The topological polar surface area (TPSA) is 87.2 Å². The SMILES string of the molecule is COc1cccc(CN(C)C(=O)CN2C(=O)C(=O)N(C)C2=O)c1. The summed E-state index contributed by atoms with van der Waals surface area (Å²) in [5.41, 5.74) is 0.840. The minimum atomic E-state index is -0.986. The average Bonchev–Trinajstić information content (AvgIpc) is 2.72. The highest BCUT2D eigenvalue weighted by atomic mass is 16.5. The Hall–Kier alpha value is -2.90. The summed E-state index contributed by atoms with van der Waals surface area (Å²) in [6, 6.07) is 6.41. The molecule has 2 rings (SSSR count). The minimum Gasteiger partial charge on any atom is -0.497 e. The number of carbonyl (C=O) groups is 4. The van der Waals surface area contributed by atoms with E-state index in [2.05, 4.69) is 0 Å². The summed E-state index contributed by atoms with van der Waals surface area (Å²) in [5, 5.41) is 0. The Bertz CT molecular complexity index is 673. The Labute approximate surface area is 133 Å². The standard InChI is InChI=1S/C15H17N3O5/c1-16(8-10-5-4-6-11(7-10)23-3)12(19)9-18-14(21)13(20)17(2)15(18)22/h4-7H,8-9H2,1-3H3. The van der Waals surface area contributed by atoms with Crippen LogP contribution in [0.5, 0.6) is 5.75 Å². The molecule has 0 saturated carbocycles. The van der Waals surface area contributed by atoms with Gasteiger partial charge in [0.2, 0.25) is 5.91 Å². The molecule has 0 bridgehead atoms. The van der Waals surface area contributed by atoms with Crippen LogP contribution in [-0.4, -0.2) is 66.2 Å². The van der Waals surface area contributed by atoms with Gasteiger partial charge in [-0.3, -0.25) is 19.3 Å². The number of likely N-dealkylation sites (N-methyl/N-ethyl adjacent to an activating group) is 2. The number of rotatable bonds is 5. The summed E-state index contributed by atoms with van der Waals surface area (Å²) in [4.78, 5) is 49.7. The fraction of sp³-hybridized carbons (Fsp3) is 0.333. The lowest BCUT2D eigenvalue weighted by molar-refractivity contribution is -0.144. The number of methoxy groups -OCH3 is 1. The summed E-state index contributed by atoms with van der Waals surface area (Å²) in [6.07, 6.45) is 0. The molecule has 1 aromatic carbocycles. The smallest absolute Gasteiger partial charge is 0.334 e. The first kappa shape index (κ1) is 16.5. The second kappa shape index (κ2) is 6.47. The van der Waals surface area contributed by atoms with E-state index in [0.717, 1.165) is 5.56 Å². The maximum Gasteiger partial charge on any atom is 0.334 e. The molecule has 1 saturated heterocycles. The number of nitrogens with zero attached hydrogens (tertiary/aromatic N) is 3. The van der Waals surface area contributed by atoms with Gasteiger partial charge in [0.05, 0.1) is 7.11 Å². The summed E-state index contributed by atoms with van der Waals surface area (Å²) >= 11 is 0. The van der Waals surface area contributed by atoms with Crippen LogP contribution in [0.15, 0.2) is 24.3 Å². The fourth-order valence-corrected chi connectivity index (χ4v) is 2.14. The van der Waals surface area contributed by atoms with Gasteiger partial charge >= 0.3 is 17.8 Å². The van der Waals surface area contributed by atoms with Gasteiger partial charge in [0.25, 0.3) is 0 Å². The molecule has 5 amide bonds. The molecule has 0 radical (unpaired) electrons. The lowest BCUT2D eigenvalue weighted by Crippen LogP contribution is -2.41. The van der Waals surface area contributed by atoms with Crippen molar-refractivity contribution in [3.63, 3.8) is 0 Å². The molecular weight excluding hydrogens is 302 g/mol. The molecule has 0 atom stereocenters. The molecule has 0 spiro atoms. The van der Waals surface area contributed by atoms with Gasteiger partial charge in [0.1, 0.15) is 12.3 Å². The van der Waals surface area contributed by atoms with Crippen LogP contribution >= 0.6 is 0 Å². The van der Waals surface area contributed by atoms with Crippen molar-refractivity contribution < 1.29 is 23.9 Å². The van der Waals surface area contributed by atoms with Crippen LogP contribution in [0.1, 0.15) is 5.56 Å². The van der Waals surface area contributed by atoms with Crippen LogP contribution < -0.4 is 4.74 Å². The zero-order chi connectivity index (χ0) is 17.1. The number of benzene rings is 1. The Balaban J connectivity index is 2.01. The number of imide groups is 2. The van der Waals surface area contributed by atoms with Gasteiger partial charge in [0, 0.05) is 20.6 Å². The van der Waals surface area contributed by atoms with Crippen LogP contribution in [0.2, 0.25) is 0 Å². The first-order valence-electron chi connectivity index (χ1n) is 6.85. The third-order valence-corrected chi connectivity index (χ3v) is 3.52. The van der Waals surface area contributed by atoms with E-state index in [4.69, 9.17) is 4.74 Å². The van der Waals surface area contributed by atoms with E-state index in [1.807, 2.05) is 6.07 Å². The number of amides is 5. The highest BCUT2D eigenvalue weighted by Crippen LogP contribution is 2.15. The molecule has 1 heterocycles. The van der Waals surface area contributed by atoms with Crippen molar-refractivity contribution in [2.24, 2.45) is 0 Å². The maximum absolute atomic E-state index is 12.2. The van der Waals surface area contributed by atoms with E-state index in [0.29, 0.717) is 15.5 Å². The van der Waals surface area contributed by atoms with Crippen molar-refractivity contribution in [2.45, 2.75) is 6.54 Å². The van der Waals surface area contributed by atoms with Gasteiger partial charge in [-0.25, -0.2) is 9.69 Å². The van der Waals surface area contributed by atoms with Crippen molar-refractivity contribution >= 4 is 23.8 Å². The van der Waals surface area contributed by atoms with E-state index >= 15 is 0 Å². The molecule has 1 aliphatic heterocycles. The van der Waals surface area contributed by atoms with Crippen molar-refractivity contribution in [3.05, 3.63) is 29.8 Å². The van der Waals surface area contributed by atoms with Gasteiger partial charge in [-0.15, -0.1) is 0 Å². The van der Waals surface area contributed by atoms with Crippen molar-refractivity contribution in [3.8, 4) is 5.75 Å². The third kappa shape index (κ3) is 3.31. The van der Waals surface area contributed by atoms with Gasteiger partial charge in [-0.05, 0) is 17.7 Å². The highest BCUT2D eigenvalue weighted by molar-refractivity contribution is 6.44.